The van der Waals surface area contributed by atoms with Crippen molar-refractivity contribution in [2.45, 2.75) is 10.2 Å². The number of thiophene rings is 1. The van der Waals surface area contributed by atoms with Crippen LogP contribution < -0.4 is 0 Å². The summed E-state index contributed by atoms with van der Waals surface area (Å²) in [5, 5.41) is 4.31. The Hall–Kier alpha value is 0.740. The van der Waals surface area contributed by atoms with Gasteiger partial charge in [-0.1, -0.05) is 15.9 Å². The van der Waals surface area contributed by atoms with Crippen molar-refractivity contribution in [1.29, 1.82) is 0 Å². The zero-order valence-electron chi connectivity index (χ0n) is 6.55. The molecule has 0 radical (unpaired) electrons. The Bertz CT molecular complexity index is 450. The fraction of sp³-hybridized carbons (Fsp3) is 0.111. The van der Waals surface area contributed by atoms with Crippen LogP contribution in [0.25, 0.3) is 10.1 Å². The van der Waals surface area contributed by atoms with Crippen LogP contribution in [0.5, 0.6) is 0 Å². The summed E-state index contributed by atoms with van der Waals surface area (Å²) in [4.78, 5) is 1.11. The molecule has 4 heteroatoms. The van der Waals surface area contributed by atoms with Crippen LogP contribution >= 0.6 is 62.5 Å². The van der Waals surface area contributed by atoms with Gasteiger partial charge in [0.2, 0.25) is 0 Å². The normalized spacial score (nSPS) is 11.0. The van der Waals surface area contributed by atoms with Crippen molar-refractivity contribution >= 4 is 72.6 Å². The molecule has 0 bridgehead atoms. The molecule has 0 aliphatic carbocycles. The van der Waals surface area contributed by atoms with Crippen molar-refractivity contribution in [3.63, 3.8) is 0 Å². The molecular formula is C9H6BrIS2. The summed E-state index contributed by atoms with van der Waals surface area (Å²) < 4.78 is 2.60. The van der Waals surface area contributed by atoms with Crippen molar-refractivity contribution in [3.05, 3.63) is 26.6 Å². The van der Waals surface area contributed by atoms with Crippen molar-refractivity contribution in [1.82, 2.24) is 0 Å². The quantitative estimate of drug-likeness (QED) is 0.411. The Kier molecular flexibility index (Phi) is 3.22. The van der Waals surface area contributed by atoms with Crippen LogP contribution in [0.15, 0.2) is 22.4 Å². The van der Waals surface area contributed by atoms with E-state index in [1.54, 1.807) is 11.3 Å². The van der Waals surface area contributed by atoms with Crippen molar-refractivity contribution in [2.24, 2.45) is 0 Å². The van der Waals surface area contributed by atoms with Gasteiger partial charge in [0.15, 0.2) is 0 Å². The van der Waals surface area contributed by atoms with E-state index >= 15 is 0 Å². The number of benzene rings is 1. The van der Waals surface area contributed by atoms with E-state index in [0.29, 0.717) is 0 Å². The van der Waals surface area contributed by atoms with Crippen LogP contribution in [-0.2, 0) is 5.33 Å². The van der Waals surface area contributed by atoms with Crippen molar-refractivity contribution < 1.29 is 0 Å². The summed E-state index contributed by atoms with van der Waals surface area (Å²) in [6.07, 6.45) is 0. The molecule has 1 aromatic carbocycles. The molecule has 0 amide bonds. The lowest BCUT2D eigenvalue weighted by Crippen LogP contribution is -1.83. The van der Waals surface area contributed by atoms with Gasteiger partial charge in [-0.15, -0.1) is 24.0 Å². The minimum atomic E-state index is 0.871. The van der Waals surface area contributed by atoms with Gasteiger partial charge in [-0.2, -0.15) is 0 Å². The van der Waals surface area contributed by atoms with E-state index in [1.807, 2.05) is 0 Å². The minimum Gasteiger partial charge on any atom is -0.143 e. The van der Waals surface area contributed by atoms with Gasteiger partial charge in [-0.3, -0.25) is 0 Å². The molecule has 1 aromatic heterocycles. The first-order valence-corrected chi connectivity index (χ1v) is 7.20. The maximum atomic E-state index is 4.53. The molecule has 0 atom stereocenters. The summed E-state index contributed by atoms with van der Waals surface area (Å²) in [5.41, 5.74) is 1.27. The highest BCUT2D eigenvalue weighted by Gasteiger charge is 2.08. The fourth-order valence-corrected chi connectivity index (χ4v) is 4.20. The second kappa shape index (κ2) is 4.08. The van der Waals surface area contributed by atoms with E-state index in [4.69, 9.17) is 0 Å². The van der Waals surface area contributed by atoms with Gasteiger partial charge in [0.25, 0.3) is 0 Å². The molecule has 0 aliphatic rings. The highest BCUT2D eigenvalue weighted by atomic mass is 127. The first-order chi connectivity index (χ1) is 6.24. The Morgan fingerprint density at radius 2 is 2.31 bits per heavy atom. The number of hydrogen-bond donors (Lipinski definition) is 1. The van der Waals surface area contributed by atoms with Gasteiger partial charge < -0.3 is 0 Å². The van der Waals surface area contributed by atoms with Gasteiger partial charge in [0.1, 0.15) is 0 Å². The molecule has 2 rings (SSSR count). The summed E-state index contributed by atoms with van der Waals surface area (Å²) in [6.45, 7) is 0. The standard InChI is InChI=1S/C9H6BrIS2/c10-4-5-3-7(11)6-1-2-13-9(6)8(5)12/h1-3,12H,4H2. The first-order valence-electron chi connectivity index (χ1n) is 3.67. The van der Waals surface area contributed by atoms with E-state index in [0.717, 1.165) is 10.2 Å². The summed E-state index contributed by atoms with van der Waals surface area (Å²) in [7, 11) is 0. The van der Waals surface area contributed by atoms with Gasteiger partial charge >= 0.3 is 0 Å². The third-order valence-corrected chi connectivity index (χ3v) is 4.98. The summed E-state index contributed by atoms with van der Waals surface area (Å²) in [6, 6.07) is 4.34. The smallest absolute Gasteiger partial charge is 0.0489 e. The molecule has 0 spiro atoms. The number of rotatable bonds is 1. The molecule has 0 N–H and O–H groups in total. The van der Waals surface area contributed by atoms with Gasteiger partial charge in [0, 0.05) is 23.9 Å². The molecule has 0 saturated carbocycles. The number of alkyl halides is 1. The molecule has 0 saturated heterocycles. The third-order valence-electron chi connectivity index (χ3n) is 1.89. The zero-order valence-corrected chi connectivity index (χ0v) is 12.0. The molecule has 13 heavy (non-hydrogen) atoms. The molecule has 1 heterocycles. The van der Waals surface area contributed by atoms with Crippen LogP contribution in [0, 0.1) is 3.57 Å². The Morgan fingerprint density at radius 1 is 1.54 bits per heavy atom. The monoisotopic (exact) mass is 384 g/mol. The molecule has 0 unspecified atom stereocenters. The highest BCUT2D eigenvalue weighted by Crippen LogP contribution is 2.34. The topological polar surface area (TPSA) is 0 Å². The Morgan fingerprint density at radius 3 is 3.00 bits per heavy atom. The summed E-state index contributed by atoms with van der Waals surface area (Å²) >= 11 is 12.1. The van der Waals surface area contributed by atoms with E-state index < -0.39 is 0 Å². The Balaban J connectivity index is 2.85. The van der Waals surface area contributed by atoms with Crippen LogP contribution in [0.2, 0.25) is 0 Å². The van der Waals surface area contributed by atoms with E-state index in [-0.39, 0.29) is 0 Å². The van der Waals surface area contributed by atoms with Crippen LogP contribution in [0.1, 0.15) is 5.56 Å². The maximum Gasteiger partial charge on any atom is 0.0489 e. The lowest BCUT2D eigenvalue weighted by atomic mass is 10.2. The lowest BCUT2D eigenvalue weighted by Gasteiger charge is -2.04. The SMILES string of the molecule is Sc1c(CBr)cc(I)c2ccsc12. The average molecular weight is 385 g/mol. The number of halogens is 2. The number of fused-ring (bicyclic) bond motifs is 1. The van der Waals surface area contributed by atoms with Crippen molar-refractivity contribution in [2.75, 3.05) is 0 Å². The maximum absolute atomic E-state index is 4.53. The van der Waals surface area contributed by atoms with Gasteiger partial charge in [0.05, 0.1) is 0 Å². The van der Waals surface area contributed by atoms with Gasteiger partial charge in [-0.05, 0) is 45.7 Å². The predicted molar refractivity (Wildman–Crippen MR) is 74.4 cm³/mol. The lowest BCUT2D eigenvalue weighted by molar-refractivity contribution is 1.33. The molecular weight excluding hydrogens is 379 g/mol. The number of thiol groups is 1. The second-order valence-corrected chi connectivity index (χ2v) is 5.75. The molecule has 0 aliphatic heterocycles. The first kappa shape index (κ1) is 10.3. The minimum absolute atomic E-state index is 0.871. The van der Waals surface area contributed by atoms with Crippen molar-refractivity contribution in [3.8, 4) is 0 Å². The summed E-state index contributed by atoms with van der Waals surface area (Å²) in [5.74, 6) is 0. The molecule has 68 valence electrons. The number of hydrogen-bond acceptors (Lipinski definition) is 2. The zero-order chi connectivity index (χ0) is 9.42. The van der Waals surface area contributed by atoms with Crippen LogP contribution in [0.4, 0.5) is 0 Å². The molecule has 0 nitrogen and oxygen atoms in total. The highest BCUT2D eigenvalue weighted by molar-refractivity contribution is 14.1. The van der Waals surface area contributed by atoms with Gasteiger partial charge in [-0.25, -0.2) is 0 Å². The van der Waals surface area contributed by atoms with Crippen LogP contribution in [-0.4, -0.2) is 0 Å². The van der Waals surface area contributed by atoms with E-state index in [9.17, 15) is 0 Å². The second-order valence-electron chi connectivity index (χ2n) is 2.66. The molecule has 0 fully saturated rings. The Labute approximate surface area is 108 Å². The van der Waals surface area contributed by atoms with E-state index in [2.05, 4.69) is 68.7 Å². The fourth-order valence-electron chi connectivity index (χ4n) is 1.23. The molecule has 2 aromatic rings. The van der Waals surface area contributed by atoms with E-state index in [1.165, 1.54) is 19.2 Å². The third kappa shape index (κ3) is 1.78. The predicted octanol–water partition coefficient (Wildman–Crippen LogP) is 4.69. The largest absolute Gasteiger partial charge is 0.143 e. The average Bonchev–Trinajstić information content (AvgIpc) is 2.60. The van der Waals surface area contributed by atoms with Crippen LogP contribution in [0.3, 0.4) is 0 Å².